The van der Waals surface area contributed by atoms with Crippen LogP contribution in [0.4, 0.5) is 5.95 Å². The van der Waals surface area contributed by atoms with Gasteiger partial charge < -0.3 is 9.80 Å². The second-order valence-corrected chi connectivity index (χ2v) is 7.48. The van der Waals surface area contributed by atoms with Crippen molar-refractivity contribution in [3.05, 3.63) is 59.7 Å². The maximum atomic E-state index is 13.2. The topological polar surface area (TPSA) is 80.0 Å². The average molecular weight is 375 g/mol. The maximum absolute atomic E-state index is 13.2. The quantitative estimate of drug-likeness (QED) is 0.692. The van der Waals surface area contributed by atoms with E-state index in [2.05, 4.69) is 25.1 Å². The molecule has 1 amide bonds. The van der Waals surface area contributed by atoms with E-state index < -0.39 is 0 Å². The Hall–Kier alpha value is -3.29. The van der Waals surface area contributed by atoms with Crippen molar-refractivity contribution in [2.75, 3.05) is 24.5 Å². The normalized spacial score (nSPS) is 20.8. The number of likely N-dealkylation sites (tertiary alicyclic amines) is 1. The summed E-state index contributed by atoms with van der Waals surface area (Å²) in [6, 6.07) is 9.65. The molecule has 0 spiro atoms. The van der Waals surface area contributed by atoms with Gasteiger partial charge in [-0.25, -0.2) is 9.97 Å². The molecule has 0 N–H and O–H groups in total. The monoisotopic (exact) mass is 375 g/mol. The number of anilines is 1. The van der Waals surface area contributed by atoms with E-state index in [0.29, 0.717) is 17.2 Å². The number of benzene rings is 1. The van der Waals surface area contributed by atoms with Crippen LogP contribution in [0.3, 0.4) is 0 Å². The van der Waals surface area contributed by atoms with Crippen molar-refractivity contribution in [3.8, 4) is 5.69 Å². The number of fused-ring (bicyclic) bond motifs is 1. The summed E-state index contributed by atoms with van der Waals surface area (Å²) >= 11 is 0. The number of hydrogen-bond donors (Lipinski definition) is 0. The number of rotatable bonds is 3. The molecule has 2 saturated heterocycles. The van der Waals surface area contributed by atoms with Crippen LogP contribution < -0.4 is 4.90 Å². The Balaban J connectivity index is 1.37. The molecule has 142 valence electrons. The lowest BCUT2D eigenvalue weighted by atomic mass is 9.91. The van der Waals surface area contributed by atoms with Crippen LogP contribution in [0.2, 0.25) is 0 Å². The van der Waals surface area contributed by atoms with Crippen molar-refractivity contribution in [3.63, 3.8) is 0 Å². The van der Waals surface area contributed by atoms with Gasteiger partial charge in [-0.2, -0.15) is 15.0 Å². The largest absolute Gasteiger partial charge is 0.338 e. The molecule has 8 nitrogen and oxygen atoms in total. The third kappa shape index (κ3) is 2.72. The predicted octanol–water partition coefficient (Wildman–Crippen LogP) is 1.63. The van der Waals surface area contributed by atoms with Crippen LogP contribution in [0.25, 0.3) is 5.69 Å². The molecule has 8 heteroatoms. The molecule has 0 bridgehead atoms. The fourth-order valence-electron chi connectivity index (χ4n) is 4.21. The van der Waals surface area contributed by atoms with Crippen LogP contribution in [0.15, 0.2) is 42.7 Å². The van der Waals surface area contributed by atoms with Gasteiger partial charge in [-0.3, -0.25) is 4.79 Å². The molecule has 2 fully saturated rings. The Kier molecular flexibility index (Phi) is 3.85. The molecule has 5 rings (SSSR count). The Morgan fingerprint density at radius 3 is 2.46 bits per heavy atom. The van der Waals surface area contributed by atoms with Crippen molar-refractivity contribution in [1.29, 1.82) is 0 Å². The smallest absolute Gasteiger partial charge is 0.256 e. The van der Waals surface area contributed by atoms with Crippen LogP contribution in [0, 0.1) is 19.8 Å². The van der Waals surface area contributed by atoms with Crippen LogP contribution >= 0.6 is 0 Å². The minimum atomic E-state index is 0.0253. The molecule has 4 heterocycles. The van der Waals surface area contributed by atoms with E-state index in [1.165, 1.54) is 4.80 Å². The van der Waals surface area contributed by atoms with Crippen LogP contribution in [-0.4, -0.2) is 61.4 Å². The van der Waals surface area contributed by atoms with Crippen molar-refractivity contribution >= 4 is 11.9 Å². The highest BCUT2D eigenvalue weighted by molar-refractivity contribution is 5.98. The summed E-state index contributed by atoms with van der Waals surface area (Å²) in [5, 5.41) is 8.35. The van der Waals surface area contributed by atoms with E-state index in [9.17, 15) is 4.79 Å². The Morgan fingerprint density at radius 1 is 1.00 bits per heavy atom. The second kappa shape index (κ2) is 6.40. The zero-order valence-corrected chi connectivity index (χ0v) is 15.9. The highest BCUT2D eigenvalue weighted by Gasteiger charge is 2.48. The van der Waals surface area contributed by atoms with Crippen molar-refractivity contribution in [2.45, 2.75) is 19.9 Å². The number of aromatic nitrogens is 5. The molecule has 0 radical (unpaired) electrons. The molecular weight excluding hydrogens is 354 g/mol. The minimum Gasteiger partial charge on any atom is -0.338 e. The van der Waals surface area contributed by atoms with Gasteiger partial charge in [-0.15, -0.1) is 0 Å². The fourth-order valence-corrected chi connectivity index (χ4v) is 4.21. The van der Waals surface area contributed by atoms with Gasteiger partial charge in [0.15, 0.2) is 0 Å². The van der Waals surface area contributed by atoms with Crippen LogP contribution in [0.5, 0.6) is 0 Å². The first kappa shape index (κ1) is 16.9. The third-order valence-electron chi connectivity index (χ3n) is 5.52. The van der Waals surface area contributed by atoms with Gasteiger partial charge in [-0.05, 0) is 32.0 Å². The van der Waals surface area contributed by atoms with Gasteiger partial charge >= 0.3 is 0 Å². The number of amides is 1. The summed E-state index contributed by atoms with van der Waals surface area (Å²) in [5.74, 6) is 1.25. The minimum absolute atomic E-state index is 0.0253. The first-order valence-corrected chi connectivity index (χ1v) is 9.44. The summed E-state index contributed by atoms with van der Waals surface area (Å²) in [5.41, 5.74) is 3.26. The first-order chi connectivity index (χ1) is 13.6. The fraction of sp³-hybridized carbons (Fsp3) is 0.350. The molecule has 2 unspecified atom stereocenters. The van der Waals surface area contributed by atoms with Crippen LogP contribution in [-0.2, 0) is 0 Å². The van der Waals surface area contributed by atoms with Gasteiger partial charge in [0.2, 0.25) is 5.95 Å². The number of aryl methyl sites for hydroxylation is 2. The average Bonchev–Trinajstić information content (AvgIpc) is 3.30. The molecule has 1 aromatic carbocycles. The Bertz CT molecular complexity index is 1010. The van der Waals surface area contributed by atoms with Crippen molar-refractivity contribution in [2.24, 2.45) is 5.92 Å². The first-order valence-electron chi connectivity index (χ1n) is 9.44. The summed E-state index contributed by atoms with van der Waals surface area (Å²) in [6.45, 7) is 6.38. The number of hydrogen-bond acceptors (Lipinski definition) is 6. The van der Waals surface area contributed by atoms with Crippen LogP contribution in [0.1, 0.15) is 21.7 Å². The lowest BCUT2D eigenvalue weighted by Gasteiger charge is -2.43. The van der Waals surface area contributed by atoms with E-state index in [-0.39, 0.29) is 11.9 Å². The third-order valence-corrected chi connectivity index (χ3v) is 5.52. The summed E-state index contributed by atoms with van der Waals surface area (Å²) in [4.78, 5) is 28.1. The molecule has 2 aromatic heterocycles. The maximum Gasteiger partial charge on any atom is 0.256 e. The molecular formula is C20H21N7O. The number of carbonyl (C=O) groups is 1. The molecule has 3 aromatic rings. The number of carbonyl (C=O) groups excluding carboxylic acids is 1. The Labute approximate surface area is 162 Å². The number of para-hydroxylation sites is 1. The van der Waals surface area contributed by atoms with E-state index in [0.717, 1.165) is 37.0 Å². The zero-order valence-electron chi connectivity index (χ0n) is 15.9. The second-order valence-electron chi connectivity index (χ2n) is 7.48. The van der Waals surface area contributed by atoms with Gasteiger partial charge in [0.05, 0.1) is 29.7 Å². The highest BCUT2D eigenvalue weighted by atomic mass is 16.2. The van der Waals surface area contributed by atoms with Gasteiger partial charge in [0, 0.05) is 36.9 Å². The Morgan fingerprint density at radius 2 is 1.71 bits per heavy atom. The van der Waals surface area contributed by atoms with E-state index >= 15 is 0 Å². The van der Waals surface area contributed by atoms with Gasteiger partial charge in [0.1, 0.15) is 0 Å². The predicted molar refractivity (Wildman–Crippen MR) is 103 cm³/mol. The van der Waals surface area contributed by atoms with E-state index in [1.54, 1.807) is 12.4 Å². The molecule has 2 aliphatic rings. The lowest BCUT2D eigenvalue weighted by molar-refractivity contribution is 0.0327. The van der Waals surface area contributed by atoms with E-state index in [4.69, 9.17) is 0 Å². The van der Waals surface area contributed by atoms with Crippen molar-refractivity contribution < 1.29 is 4.79 Å². The lowest BCUT2D eigenvalue weighted by Crippen LogP contribution is -2.58. The standard InChI is InChI=1S/C20H21N7O/c1-13-9-14(2)24-20(23-13)25-10-15-11-26(18(15)12-25)19(28)16-5-3-4-6-17(16)27-21-7-8-22-27/h3-9,15,18H,10-12H2,1-2H3. The van der Waals surface area contributed by atoms with Crippen molar-refractivity contribution in [1.82, 2.24) is 29.9 Å². The highest BCUT2D eigenvalue weighted by Crippen LogP contribution is 2.35. The number of nitrogens with zero attached hydrogens (tertiary/aromatic N) is 7. The van der Waals surface area contributed by atoms with Gasteiger partial charge in [0.25, 0.3) is 5.91 Å². The van der Waals surface area contributed by atoms with Gasteiger partial charge in [-0.1, -0.05) is 12.1 Å². The summed E-state index contributed by atoms with van der Waals surface area (Å²) in [6.07, 6.45) is 3.22. The molecule has 0 saturated carbocycles. The zero-order chi connectivity index (χ0) is 19.3. The molecule has 2 atom stereocenters. The summed E-state index contributed by atoms with van der Waals surface area (Å²) < 4.78 is 0. The molecule has 0 aliphatic carbocycles. The molecule has 2 aliphatic heterocycles. The molecule has 28 heavy (non-hydrogen) atoms. The van der Waals surface area contributed by atoms with E-state index in [1.807, 2.05) is 49.1 Å². The summed E-state index contributed by atoms with van der Waals surface area (Å²) in [7, 11) is 0. The SMILES string of the molecule is Cc1cc(C)nc(N2CC3CN(C(=O)c4ccccc4-n4nccn4)C3C2)n1.